The lowest BCUT2D eigenvalue weighted by Gasteiger charge is -2.35. The van der Waals surface area contributed by atoms with E-state index in [1.54, 1.807) is 29.2 Å². The van der Waals surface area contributed by atoms with E-state index in [1.807, 2.05) is 33.8 Å². The van der Waals surface area contributed by atoms with Gasteiger partial charge in [-0.15, -0.1) is 0 Å². The fourth-order valence-corrected chi connectivity index (χ4v) is 5.71. The van der Waals surface area contributed by atoms with Gasteiger partial charge < -0.3 is 9.64 Å². The predicted octanol–water partition coefficient (Wildman–Crippen LogP) is 4.93. The molecule has 2 heterocycles. The van der Waals surface area contributed by atoms with Crippen LogP contribution in [0.3, 0.4) is 0 Å². The maximum atomic E-state index is 13.3. The van der Waals surface area contributed by atoms with E-state index in [2.05, 4.69) is 9.88 Å². The third kappa shape index (κ3) is 6.75. The van der Waals surface area contributed by atoms with Crippen LogP contribution in [-0.4, -0.2) is 67.2 Å². The van der Waals surface area contributed by atoms with Gasteiger partial charge in [-0.2, -0.15) is 0 Å². The molecule has 204 valence electrons. The molecular formula is C27H32Cl2N4O4S. The highest BCUT2D eigenvalue weighted by Crippen LogP contribution is 2.24. The molecule has 0 spiro atoms. The lowest BCUT2D eigenvalue weighted by atomic mass is 10.1. The first-order valence-corrected chi connectivity index (χ1v) is 14.6. The van der Waals surface area contributed by atoms with Gasteiger partial charge in [0.05, 0.1) is 34.6 Å². The minimum absolute atomic E-state index is 0.199. The summed E-state index contributed by atoms with van der Waals surface area (Å²) in [5.41, 5.74) is 1.38. The second kappa shape index (κ2) is 11.7. The summed E-state index contributed by atoms with van der Waals surface area (Å²) < 4.78 is 19.5. The zero-order valence-electron chi connectivity index (χ0n) is 22.0. The lowest BCUT2D eigenvalue weighted by molar-refractivity contribution is 0.0139. The molecule has 2 aromatic carbocycles. The van der Waals surface area contributed by atoms with Gasteiger partial charge in [0.1, 0.15) is 5.60 Å². The van der Waals surface area contributed by atoms with Gasteiger partial charge in [-0.1, -0.05) is 30.1 Å². The molecule has 38 heavy (non-hydrogen) atoms. The van der Waals surface area contributed by atoms with E-state index >= 15 is 0 Å². The SMILES string of the molecule is CCS(=O)c1ccc(Cl)cc1Cn1cnc2cc(CN3CCN(C(=O)OC(C)(C)C)CC3)c(Cl)cc2c1=O. The number of nitrogens with zero attached hydrogens (tertiary/aromatic N) is 4. The number of aromatic nitrogens is 2. The molecule has 8 nitrogen and oxygen atoms in total. The Labute approximate surface area is 234 Å². The number of benzene rings is 2. The van der Waals surface area contributed by atoms with Crippen LogP contribution in [0.25, 0.3) is 10.9 Å². The third-order valence-electron chi connectivity index (χ3n) is 6.28. The molecule has 0 radical (unpaired) electrons. The summed E-state index contributed by atoms with van der Waals surface area (Å²) in [4.78, 5) is 34.8. The number of carbonyl (C=O) groups is 1. The highest BCUT2D eigenvalue weighted by molar-refractivity contribution is 7.85. The van der Waals surface area contributed by atoms with Crippen molar-refractivity contribution in [1.82, 2.24) is 19.4 Å². The number of ether oxygens (including phenoxy) is 1. The smallest absolute Gasteiger partial charge is 0.410 e. The van der Waals surface area contributed by atoms with Gasteiger partial charge in [0.15, 0.2) is 0 Å². The Morgan fingerprint density at radius 3 is 2.42 bits per heavy atom. The Bertz CT molecular complexity index is 1430. The fourth-order valence-electron chi connectivity index (χ4n) is 4.34. The quantitative estimate of drug-likeness (QED) is 0.412. The Morgan fingerprint density at radius 1 is 1.05 bits per heavy atom. The second-order valence-corrected chi connectivity index (χ2v) is 12.8. The van der Waals surface area contributed by atoms with Crippen LogP contribution >= 0.6 is 23.2 Å². The van der Waals surface area contributed by atoms with Crippen LogP contribution in [0.15, 0.2) is 46.3 Å². The Morgan fingerprint density at radius 2 is 1.76 bits per heavy atom. The van der Waals surface area contributed by atoms with Crippen molar-refractivity contribution in [3.8, 4) is 0 Å². The summed E-state index contributed by atoms with van der Waals surface area (Å²) in [5.74, 6) is 0.466. The number of rotatable bonds is 6. The normalized spacial score (nSPS) is 15.6. The number of fused-ring (bicyclic) bond motifs is 1. The van der Waals surface area contributed by atoms with Crippen molar-refractivity contribution < 1.29 is 13.7 Å². The number of halogens is 2. The van der Waals surface area contributed by atoms with Gasteiger partial charge >= 0.3 is 6.09 Å². The van der Waals surface area contributed by atoms with Crippen LogP contribution in [0.5, 0.6) is 0 Å². The fraction of sp³-hybridized carbons (Fsp3) is 0.444. The first-order valence-electron chi connectivity index (χ1n) is 12.5. The van der Waals surface area contributed by atoms with Crippen LogP contribution in [-0.2, 0) is 28.6 Å². The summed E-state index contributed by atoms with van der Waals surface area (Å²) in [7, 11) is -1.19. The van der Waals surface area contributed by atoms with Gasteiger partial charge in [-0.25, -0.2) is 9.78 Å². The highest BCUT2D eigenvalue weighted by atomic mass is 35.5. The molecule has 0 saturated carbocycles. The van der Waals surface area contributed by atoms with E-state index < -0.39 is 16.4 Å². The highest BCUT2D eigenvalue weighted by Gasteiger charge is 2.26. The molecule has 1 unspecified atom stereocenters. The Balaban J connectivity index is 1.50. The van der Waals surface area contributed by atoms with E-state index in [4.69, 9.17) is 27.9 Å². The molecular weight excluding hydrogens is 547 g/mol. The third-order valence-corrected chi connectivity index (χ3v) is 8.28. The summed E-state index contributed by atoms with van der Waals surface area (Å²) in [6, 6.07) is 8.69. The molecule has 0 bridgehead atoms. The Kier molecular flexibility index (Phi) is 8.82. The molecule has 0 aliphatic carbocycles. The molecule has 1 aliphatic heterocycles. The van der Waals surface area contributed by atoms with Gasteiger partial charge in [-0.05, 0) is 62.2 Å². The van der Waals surface area contributed by atoms with Crippen molar-refractivity contribution in [2.24, 2.45) is 0 Å². The monoisotopic (exact) mass is 578 g/mol. The number of hydrogen-bond acceptors (Lipinski definition) is 6. The summed E-state index contributed by atoms with van der Waals surface area (Å²) in [6.07, 6.45) is 1.20. The molecule has 11 heteroatoms. The van der Waals surface area contributed by atoms with Crippen LogP contribution in [0.2, 0.25) is 10.0 Å². The molecule has 1 aliphatic rings. The molecule has 4 rings (SSSR count). The second-order valence-electron chi connectivity index (χ2n) is 10.3. The van der Waals surface area contributed by atoms with Crippen molar-refractivity contribution in [3.05, 3.63) is 68.2 Å². The minimum atomic E-state index is -1.19. The zero-order valence-corrected chi connectivity index (χ0v) is 24.3. The van der Waals surface area contributed by atoms with Crippen molar-refractivity contribution >= 4 is 51.0 Å². The molecule has 1 amide bonds. The topological polar surface area (TPSA) is 84.7 Å². The van der Waals surface area contributed by atoms with Crippen molar-refractivity contribution in [1.29, 1.82) is 0 Å². The molecule has 1 atom stereocenters. The van der Waals surface area contributed by atoms with E-state index in [1.165, 1.54) is 10.9 Å². The van der Waals surface area contributed by atoms with E-state index in [-0.39, 0.29) is 18.2 Å². The first kappa shape index (κ1) is 28.5. The average molecular weight is 580 g/mol. The Hall–Kier alpha value is -2.46. The summed E-state index contributed by atoms with van der Waals surface area (Å²) >= 11 is 12.8. The largest absolute Gasteiger partial charge is 0.444 e. The maximum absolute atomic E-state index is 13.3. The minimum Gasteiger partial charge on any atom is -0.444 e. The first-order chi connectivity index (χ1) is 17.9. The predicted molar refractivity (Wildman–Crippen MR) is 152 cm³/mol. The number of carbonyl (C=O) groups excluding carboxylic acids is 1. The van der Waals surface area contributed by atoms with E-state index in [0.29, 0.717) is 69.9 Å². The van der Waals surface area contributed by atoms with Gasteiger partial charge in [0, 0.05) is 53.4 Å². The standard InChI is InChI=1S/C27H32Cl2N4O4S/c1-5-38(36)24-7-6-20(28)12-19(24)16-33-17-30-23-13-18(22(29)14-21(23)25(33)34)15-31-8-10-32(11-9-31)26(35)37-27(2,3)4/h6-7,12-14,17H,5,8-11,15-16H2,1-4H3. The number of amides is 1. The molecule has 1 saturated heterocycles. The molecule has 0 N–H and O–H groups in total. The van der Waals surface area contributed by atoms with Crippen LogP contribution < -0.4 is 5.56 Å². The summed E-state index contributed by atoms with van der Waals surface area (Å²) in [6.45, 7) is 10.7. The molecule has 1 aromatic heterocycles. The maximum Gasteiger partial charge on any atom is 0.410 e. The van der Waals surface area contributed by atoms with Crippen molar-refractivity contribution in [2.45, 2.75) is 51.3 Å². The van der Waals surface area contributed by atoms with Crippen molar-refractivity contribution in [2.75, 3.05) is 31.9 Å². The zero-order chi connectivity index (χ0) is 27.6. The van der Waals surface area contributed by atoms with E-state index in [0.717, 1.165) is 5.56 Å². The van der Waals surface area contributed by atoms with Gasteiger partial charge in [0.25, 0.3) is 5.56 Å². The van der Waals surface area contributed by atoms with Crippen molar-refractivity contribution in [3.63, 3.8) is 0 Å². The van der Waals surface area contributed by atoms with Crippen LogP contribution in [0, 0.1) is 0 Å². The summed E-state index contributed by atoms with van der Waals surface area (Å²) in [5, 5.41) is 1.41. The molecule has 3 aromatic rings. The average Bonchev–Trinajstić information content (AvgIpc) is 2.86. The van der Waals surface area contributed by atoms with Gasteiger partial charge in [0.2, 0.25) is 0 Å². The molecule has 1 fully saturated rings. The van der Waals surface area contributed by atoms with Crippen LogP contribution in [0.4, 0.5) is 4.79 Å². The number of hydrogen-bond donors (Lipinski definition) is 0. The van der Waals surface area contributed by atoms with E-state index in [9.17, 15) is 13.8 Å². The number of piperazine rings is 1. The van der Waals surface area contributed by atoms with Gasteiger partial charge in [-0.3, -0.25) is 18.5 Å². The van der Waals surface area contributed by atoms with Crippen LogP contribution in [0.1, 0.15) is 38.8 Å². The lowest BCUT2D eigenvalue weighted by Crippen LogP contribution is -2.49.